The third kappa shape index (κ3) is 4.07. The Bertz CT molecular complexity index is 1040. The molecule has 0 atom stereocenters. The summed E-state index contributed by atoms with van der Waals surface area (Å²) in [5.74, 6) is 2.41. The van der Waals surface area contributed by atoms with Gasteiger partial charge in [-0.2, -0.15) is 0 Å². The molecule has 0 amide bonds. The first-order valence-electron chi connectivity index (χ1n) is 9.21. The SMILES string of the molecule is COc1cc(C(=O)c2nc(-c3cc(OC)c(OC)c(OC)c3)c[nH]2)cc(OC)c1OC. The number of hydrogen-bond acceptors (Lipinski definition) is 8. The molecule has 1 heterocycles. The molecule has 0 saturated heterocycles. The molecule has 9 heteroatoms. The van der Waals surface area contributed by atoms with E-state index in [-0.39, 0.29) is 11.6 Å². The zero-order valence-corrected chi connectivity index (χ0v) is 18.2. The van der Waals surface area contributed by atoms with Crippen molar-refractivity contribution in [1.29, 1.82) is 0 Å². The fourth-order valence-corrected chi connectivity index (χ4v) is 3.16. The van der Waals surface area contributed by atoms with E-state index in [1.54, 1.807) is 30.5 Å². The van der Waals surface area contributed by atoms with Crippen molar-refractivity contribution in [3.05, 3.63) is 41.9 Å². The highest BCUT2D eigenvalue weighted by atomic mass is 16.5. The number of imidazole rings is 1. The summed E-state index contributed by atoms with van der Waals surface area (Å²) in [7, 11) is 9.07. The minimum Gasteiger partial charge on any atom is -0.493 e. The summed E-state index contributed by atoms with van der Waals surface area (Å²) in [6.45, 7) is 0. The lowest BCUT2D eigenvalue weighted by molar-refractivity contribution is 0.102. The van der Waals surface area contributed by atoms with Crippen molar-refractivity contribution in [2.24, 2.45) is 0 Å². The molecule has 1 N–H and O–H groups in total. The molecular formula is C22H24N2O7. The normalized spacial score (nSPS) is 10.4. The van der Waals surface area contributed by atoms with Crippen LogP contribution in [0, 0.1) is 0 Å². The second kappa shape index (κ2) is 9.29. The van der Waals surface area contributed by atoms with Crippen LogP contribution in [0.25, 0.3) is 11.3 Å². The minimum absolute atomic E-state index is 0.151. The number of benzene rings is 2. The lowest BCUT2D eigenvalue weighted by Gasteiger charge is -2.13. The van der Waals surface area contributed by atoms with Crippen molar-refractivity contribution < 1.29 is 33.2 Å². The van der Waals surface area contributed by atoms with Gasteiger partial charge in [0.15, 0.2) is 28.8 Å². The van der Waals surface area contributed by atoms with E-state index in [9.17, 15) is 4.79 Å². The first-order chi connectivity index (χ1) is 15.0. The van der Waals surface area contributed by atoms with Gasteiger partial charge >= 0.3 is 0 Å². The fourth-order valence-electron chi connectivity index (χ4n) is 3.16. The number of nitrogens with zero attached hydrogens (tertiary/aromatic N) is 1. The molecule has 0 bridgehead atoms. The van der Waals surface area contributed by atoms with Crippen LogP contribution in [0.3, 0.4) is 0 Å². The van der Waals surface area contributed by atoms with Gasteiger partial charge in [-0.3, -0.25) is 4.79 Å². The van der Waals surface area contributed by atoms with Crippen LogP contribution in [-0.2, 0) is 0 Å². The van der Waals surface area contributed by atoms with Crippen LogP contribution in [0.15, 0.2) is 30.5 Å². The summed E-state index contributed by atoms with van der Waals surface area (Å²) < 4.78 is 32.1. The van der Waals surface area contributed by atoms with Crippen molar-refractivity contribution in [1.82, 2.24) is 9.97 Å². The second-order valence-electron chi connectivity index (χ2n) is 6.29. The predicted octanol–water partition coefficient (Wildman–Crippen LogP) is 3.36. The van der Waals surface area contributed by atoms with Crippen LogP contribution in [0.2, 0.25) is 0 Å². The minimum atomic E-state index is -0.335. The molecule has 0 spiro atoms. The Morgan fingerprint density at radius 3 is 1.58 bits per heavy atom. The Kier molecular flexibility index (Phi) is 6.54. The Labute approximate surface area is 179 Å². The standard InChI is InChI=1S/C22H24N2O7/c1-26-15-7-12(8-16(27-2)20(15)30-5)14-11-23-22(24-14)19(25)13-9-17(28-3)21(31-6)18(10-13)29-4/h7-11H,1-6H3,(H,23,24). The lowest BCUT2D eigenvalue weighted by atomic mass is 10.1. The van der Waals surface area contributed by atoms with Crippen LogP contribution >= 0.6 is 0 Å². The molecule has 3 rings (SSSR count). The van der Waals surface area contributed by atoms with E-state index in [1.807, 2.05) is 0 Å². The fraction of sp³-hybridized carbons (Fsp3) is 0.273. The first-order valence-corrected chi connectivity index (χ1v) is 9.21. The molecule has 9 nitrogen and oxygen atoms in total. The number of ether oxygens (including phenoxy) is 6. The van der Waals surface area contributed by atoms with Crippen molar-refractivity contribution in [2.45, 2.75) is 0 Å². The molecule has 0 radical (unpaired) electrons. The number of aromatic nitrogens is 2. The molecule has 31 heavy (non-hydrogen) atoms. The zero-order chi connectivity index (χ0) is 22.5. The number of methoxy groups -OCH3 is 6. The first kappa shape index (κ1) is 21.8. The Hall–Kier alpha value is -3.88. The molecule has 164 valence electrons. The summed E-state index contributed by atoms with van der Waals surface area (Å²) in [6, 6.07) is 6.66. The maximum atomic E-state index is 13.1. The van der Waals surface area contributed by atoms with Crippen LogP contribution in [0.4, 0.5) is 0 Å². The summed E-state index contributed by atoms with van der Waals surface area (Å²) in [6.07, 6.45) is 1.63. The smallest absolute Gasteiger partial charge is 0.228 e. The predicted molar refractivity (Wildman–Crippen MR) is 113 cm³/mol. The van der Waals surface area contributed by atoms with Crippen LogP contribution in [0.1, 0.15) is 16.2 Å². The lowest BCUT2D eigenvalue weighted by Crippen LogP contribution is -2.06. The number of nitrogens with one attached hydrogen (secondary N) is 1. The van der Waals surface area contributed by atoms with Crippen molar-refractivity contribution >= 4 is 5.78 Å². The van der Waals surface area contributed by atoms with E-state index >= 15 is 0 Å². The summed E-state index contributed by atoms with van der Waals surface area (Å²) in [4.78, 5) is 20.4. The number of rotatable bonds is 9. The van der Waals surface area contributed by atoms with E-state index in [1.165, 1.54) is 42.7 Å². The maximum Gasteiger partial charge on any atom is 0.228 e. The molecule has 0 aliphatic heterocycles. The zero-order valence-electron chi connectivity index (χ0n) is 18.2. The van der Waals surface area contributed by atoms with Gasteiger partial charge in [0, 0.05) is 17.3 Å². The third-order valence-corrected chi connectivity index (χ3v) is 4.68. The largest absolute Gasteiger partial charge is 0.493 e. The summed E-state index contributed by atoms with van der Waals surface area (Å²) in [5.41, 5.74) is 1.56. The van der Waals surface area contributed by atoms with Crippen LogP contribution < -0.4 is 28.4 Å². The van der Waals surface area contributed by atoms with Gasteiger partial charge in [-0.1, -0.05) is 0 Å². The molecule has 0 aliphatic rings. The van der Waals surface area contributed by atoms with Gasteiger partial charge < -0.3 is 33.4 Å². The monoisotopic (exact) mass is 428 g/mol. The van der Waals surface area contributed by atoms with Gasteiger partial charge in [-0.15, -0.1) is 0 Å². The quantitative estimate of drug-likeness (QED) is 0.518. The second-order valence-corrected chi connectivity index (χ2v) is 6.29. The van der Waals surface area contributed by atoms with Crippen molar-refractivity contribution in [3.63, 3.8) is 0 Å². The number of ketones is 1. The molecule has 3 aromatic rings. The number of hydrogen-bond donors (Lipinski definition) is 1. The maximum absolute atomic E-state index is 13.1. The highest BCUT2D eigenvalue weighted by Crippen LogP contribution is 2.41. The van der Waals surface area contributed by atoms with Gasteiger partial charge in [0.25, 0.3) is 0 Å². The summed E-state index contributed by atoms with van der Waals surface area (Å²) >= 11 is 0. The van der Waals surface area contributed by atoms with Crippen LogP contribution in [0.5, 0.6) is 34.5 Å². The molecule has 2 aromatic carbocycles. The molecule has 0 saturated carbocycles. The van der Waals surface area contributed by atoms with E-state index < -0.39 is 0 Å². The van der Waals surface area contributed by atoms with Gasteiger partial charge in [0.2, 0.25) is 17.3 Å². The average molecular weight is 428 g/mol. The van der Waals surface area contributed by atoms with E-state index in [4.69, 9.17) is 28.4 Å². The Morgan fingerprint density at radius 1 is 0.710 bits per heavy atom. The van der Waals surface area contributed by atoms with E-state index in [0.29, 0.717) is 51.3 Å². The van der Waals surface area contributed by atoms with Gasteiger partial charge in [0.05, 0.1) is 48.4 Å². The Balaban J connectivity index is 2.01. The number of carbonyl (C=O) groups is 1. The number of aromatic amines is 1. The highest BCUT2D eigenvalue weighted by molar-refractivity contribution is 6.07. The Morgan fingerprint density at radius 2 is 1.16 bits per heavy atom. The van der Waals surface area contributed by atoms with Crippen LogP contribution in [-0.4, -0.2) is 58.4 Å². The van der Waals surface area contributed by atoms with Gasteiger partial charge in [-0.25, -0.2) is 4.98 Å². The third-order valence-electron chi connectivity index (χ3n) is 4.68. The number of carbonyl (C=O) groups excluding carboxylic acids is 1. The van der Waals surface area contributed by atoms with E-state index in [0.717, 1.165) is 0 Å². The molecule has 0 aliphatic carbocycles. The van der Waals surface area contributed by atoms with Crippen molar-refractivity contribution in [2.75, 3.05) is 42.7 Å². The molecule has 1 aromatic heterocycles. The average Bonchev–Trinajstić information content (AvgIpc) is 3.31. The molecule has 0 fully saturated rings. The van der Waals surface area contributed by atoms with Gasteiger partial charge in [-0.05, 0) is 24.3 Å². The van der Waals surface area contributed by atoms with Gasteiger partial charge in [0.1, 0.15) is 0 Å². The topological polar surface area (TPSA) is 101 Å². The summed E-state index contributed by atoms with van der Waals surface area (Å²) in [5, 5.41) is 0. The molecular weight excluding hydrogens is 404 g/mol. The number of H-pyrrole nitrogens is 1. The highest BCUT2D eigenvalue weighted by Gasteiger charge is 2.21. The molecule has 0 unspecified atom stereocenters. The van der Waals surface area contributed by atoms with E-state index in [2.05, 4.69) is 9.97 Å². The van der Waals surface area contributed by atoms with Crippen molar-refractivity contribution in [3.8, 4) is 45.8 Å².